The minimum absolute atomic E-state index is 0.529. The summed E-state index contributed by atoms with van der Waals surface area (Å²) in [4.78, 5) is 0. The van der Waals surface area contributed by atoms with E-state index in [0.29, 0.717) is 5.92 Å². The lowest BCUT2D eigenvalue weighted by Crippen LogP contribution is -1.79. The van der Waals surface area contributed by atoms with Crippen LogP contribution in [0.3, 0.4) is 0 Å². The molecule has 1 aromatic heterocycles. The van der Waals surface area contributed by atoms with Crippen molar-refractivity contribution < 1.29 is 4.52 Å². The van der Waals surface area contributed by atoms with E-state index in [-0.39, 0.29) is 0 Å². The smallest absolute Gasteiger partial charge is 0.127 e. The number of rotatable bonds is 1. The molecule has 0 fully saturated rings. The van der Waals surface area contributed by atoms with Crippen molar-refractivity contribution in [3.63, 3.8) is 0 Å². The van der Waals surface area contributed by atoms with Crippen molar-refractivity contribution in [2.24, 2.45) is 0 Å². The van der Waals surface area contributed by atoms with E-state index >= 15 is 0 Å². The summed E-state index contributed by atoms with van der Waals surface area (Å²) in [6, 6.07) is 0. The number of hydrogen-bond donors (Lipinski definition) is 0. The van der Waals surface area contributed by atoms with E-state index in [1.807, 2.05) is 0 Å². The molecule has 0 radical (unpaired) electrons. The van der Waals surface area contributed by atoms with Crippen LogP contribution < -0.4 is 0 Å². The Morgan fingerprint density at radius 2 is 2.38 bits per heavy atom. The van der Waals surface area contributed by atoms with Crippen LogP contribution in [-0.2, 0) is 0 Å². The highest BCUT2D eigenvalue weighted by Gasteiger charge is 1.98. The van der Waals surface area contributed by atoms with Crippen molar-refractivity contribution in [2.75, 3.05) is 0 Å². The van der Waals surface area contributed by atoms with Gasteiger partial charge in [0.1, 0.15) is 6.26 Å². The monoisotopic (exact) mass is 111 g/mol. The van der Waals surface area contributed by atoms with Crippen molar-refractivity contribution in [3.8, 4) is 0 Å². The highest BCUT2D eigenvalue weighted by atomic mass is 16.5. The van der Waals surface area contributed by atoms with Crippen LogP contribution in [0.1, 0.15) is 25.3 Å². The largest absolute Gasteiger partial charge is 0.364 e. The van der Waals surface area contributed by atoms with Gasteiger partial charge in [-0.3, -0.25) is 0 Å². The number of nitrogens with zero attached hydrogens (tertiary/aromatic N) is 1. The molecule has 2 nitrogen and oxygen atoms in total. The van der Waals surface area contributed by atoms with E-state index in [1.54, 1.807) is 12.5 Å². The van der Waals surface area contributed by atoms with Gasteiger partial charge in [0.2, 0.25) is 0 Å². The number of hydrogen-bond acceptors (Lipinski definition) is 2. The van der Waals surface area contributed by atoms with Crippen molar-refractivity contribution >= 4 is 0 Å². The van der Waals surface area contributed by atoms with Gasteiger partial charge in [-0.25, -0.2) is 0 Å². The predicted octanol–water partition coefficient (Wildman–Crippen LogP) is 1.80. The molecule has 0 spiro atoms. The maximum Gasteiger partial charge on any atom is 0.127 e. The molecule has 0 atom stereocenters. The lowest BCUT2D eigenvalue weighted by atomic mass is 10.1. The standard InChI is InChI=1S/C6H9NO/c1-5(2)6-3-7-8-4-6/h3-5H,1-2H3. The van der Waals surface area contributed by atoms with Gasteiger partial charge in [-0.05, 0) is 5.92 Å². The first-order valence-electron chi connectivity index (χ1n) is 2.70. The molecule has 1 aromatic rings. The van der Waals surface area contributed by atoms with Gasteiger partial charge in [-0.15, -0.1) is 0 Å². The van der Waals surface area contributed by atoms with Crippen LogP contribution >= 0.6 is 0 Å². The van der Waals surface area contributed by atoms with Crippen molar-refractivity contribution in [2.45, 2.75) is 19.8 Å². The second-order valence-corrected chi connectivity index (χ2v) is 2.11. The van der Waals surface area contributed by atoms with Crippen LogP contribution in [0.15, 0.2) is 17.0 Å². The first kappa shape index (κ1) is 5.35. The SMILES string of the molecule is CC(C)c1cnoc1. The summed E-state index contributed by atoms with van der Waals surface area (Å²) >= 11 is 0. The van der Waals surface area contributed by atoms with E-state index in [4.69, 9.17) is 0 Å². The average Bonchev–Trinajstić information content (AvgIpc) is 2.12. The molecule has 0 aliphatic heterocycles. The molecule has 0 aromatic carbocycles. The Kier molecular flexibility index (Phi) is 1.33. The van der Waals surface area contributed by atoms with Crippen LogP contribution in [0, 0.1) is 0 Å². The molecule has 0 unspecified atom stereocenters. The molecule has 0 amide bonds. The zero-order valence-corrected chi connectivity index (χ0v) is 5.09. The summed E-state index contributed by atoms with van der Waals surface area (Å²) in [5, 5.41) is 3.57. The molecule has 0 saturated heterocycles. The molecule has 1 heterocycles. The fourth-order valence-corrected chi connectivity index (χ4v) is 0.498. The molecule has 0 bridgehead atoms. The molecule has 44 valence electrons. The summed E-state index contributed by atoms with van der Waals surface area (Å²) < 4.78 is 4.63. The summed E-state index contributed by atoms with van der Waals surface area (Å²) in [5.74, 6) is 0.529. The molecule has 0 aliphatic rings. The fourth-order valence-electron chi connectivity index (χ4n) is 0.498. The van der Waals surface area contributed by atoms with Crippen LogP contribution in [0.2, 0.25) is 0 Å². The Bertz CT molecular complexity index is 144. The summed E-state index contributed by atoms with van der Waals surface area (Å²) in [6.07, 6.45) is 3.41. The average molecular weight is 111 g/mol. The Morgan fingerprint density at radius 3 is 2.62 bits per heavy atom. The normalized spacial score (nSPS) is 10.4. The van der Waals surface area contributed by atoms with Gasteiger partial charge < -0.3 is 4.52 Å². The van der Waals surface area contributed by atoms with Gasteiger partial charge in [0.05, 0.1) is 6.20 Å². The van der Waals surface area contributed by atoms with Gasteiger partial charge in [0, 0.05) is 5.56 Å². The maximum absolute atomic E-state index is 4.63. The Morgan fingerprint density at radius 1 is 1.62 bits per heavy atom. The molecule has 0 N–H and O–H groups in total. The van der Waals surface area contributed by atoms with E-state index in [0.717, 1.165) is 5.56 Å². The first-order valence-corrected chi connectivity index (χ1v) is 2.70. The molecular weight excluding hydrogens is 102 g/mol. The summed E-state index contributed by atoms with van der Waals surface area (Å²) in [7, 11) is 0. The first-order chi connectivity index (χ1) is 3.80. The van der Waals surface area contributed by atoms with Crippen LogP contribution in [-0.4, -0.2) is 5.16 Å². The third-order valence-electron chi connectivity index (χ3n) is 1.12. The minimum Gasteiger partial charge on any atom is -0.364 e. The second kappa shape index (κ2) is 1.99. The summed E-state index contributed by atoms with van der Waals surface area (Å²) in [6.45, 7) is 4.21. The van der Waals surface area contributed by atoms with Gasteiger partial charge >= 0.3 is 0 Å². The highest BCUT2D eigenvalue weighted by molar-refractivity contribution is 5.04. The zero-order chi connectivity index (χ0) is 5.98. The fraction of sp³-hybridized carbons (Fsp3) is 0.500. The summed E-state index contributed by atoms with van der Waals surface area (Å²) in [5.41, 5.74) is 1.16. The van der Waals surface area contributed by atoms with E-state index < -0.39 is 0 Å². The number of aromatic nitrogens is 1. The Balaban J connectivity index is 2.77. The quantitative estimate of drug-likeness (QED) is 0.552. The third kappa shape index (κ3) is 0.886. The molecule has 0 aliphatic carbocycles. The molecule has 1 rings (SSSR count). The molecule has 0 saturated carbocycles. The van der Waals surface area contributed by atoms with E-state index in [1.165, 1.54) is 0 Å². The Hall–Kier alpha value is -0.790. The van der Waals surface area contributed by atoms with Gasteiger partial charge in [-0.1, -0.05) is 19.0 Å². The van der Waals surface area contributed by atoms with Crippen LogP contribution in [0.25, 0.3) is 0 Å². The second-order valence-electron chi connectivity index (χ2n) is 2.11. The molecular formula is C6H9NO. The van der Waals surface area contributed by atoms with E-state index in [2.05, 4.69) is 23.5 Å². The highest BCUT2D eigenvalue weighted by Crippen LogP contribution is 2.10. The minimum atomic E-state index is 0.529. The lowest BCUT2D eigenvalue weighted by molar-refractivity contribution is 0.418. The van der Waals surface area contributed by atoms with Crippen molar-refractivity contribution in [3.05, 3.63) is 18.0 Å². The van der Waals surface area contributed by atoms with Gasteiger partial charge in [0.15, 0.2) is 0 Å². The van der Waals surface area contributed by atoms with Crippen LogP contribution in [0.4, 0.5) is 0 Å². The lowest BCUT2D eigenvalue weighted by Gasteiger charge is -1.93. The zero-order valence-electron chi connectivity index (χ0n) is 5.09. The topological polar surface area (TPSA) is 26.0 Å². The van der Waals surface area contributed by atoms with Gasteiger partial charge in [0.25, 0.3) is 0 Å². The third-order valence-corrected chi connectivity index (χ3v) is 1.12. The van der Waals surface area contributed by atoms with Gasteiger partial charge in [-0.2, -0.15) is 0 Å². The molecule has 2 heteroatoms. The maximum atomic E-state index is 4.63. The van der Waals surface area contributed by atoms with Crippen LogP contribution in [0.5, 0.6) is 0 Å². The van der Waals surface area contributed by atoms with E-state index in [9.17, 15) is 0 Å². The predicted molar refractivity (Wildman–Crippen MR) is 30.6 cm³/mol. The van der Waals surface area contributed by atoms with Crippen molar-refractivity contribution in [1.82, 2.24) is 5.16 Å². The molecule has 8 heavy (non-hydrogen) atoms. The van der Waals surface area contributed by atoms with Crippen molar-refractivity contribution in [1.29, 1.82) is 0 Å². The Labute approximate surface area is 48.5 Å².